The molecule has 5 rings (SSSR count). The Kier molecular flexibility index (Phi) is 6.48. The first-order chi connectivity index (χ1) is 17.5. The molecule has 4 aromatic carbocycles. The second kappa shape index (κ2) is 10.0. The van der Waals surface area contributed by atoms with E-state index in [2.05, 4.69) is 10.6 Å². The summed E-state index contributed by atoms with van der Waals surface area (Å²) in [6, 6.07) is 31.8. The van der Waals surface area contributed by atoms with Crippen LogP contribution >= 0.6 is 11.6 Å². The fraction of sp³-hybridized carbons (Fsp3) is 0.0333. The molecule has 0 spiro atoms. The number of carbonyl (C=O) groups is 1. The zero-order valence-electron chi connectivity index (χ0n) is 19.2. The van der Waals surface area contributed by atoms with Gasteiger partial charge in [-0.25, -0.2) is 0 Å². The zero-order chi connectivity index (χ0) is 25.1. The first-order valence-corrected chi connectivity index (χ1v) is 11.8. The second-order valence-corrected chi connectivity index (χ2v) is 8.77. The first kappa shape index (κ1) is 23.3. The lowest BCUT2D eigenvalue weighted by atomic mass is 10.0. The Labute approximate surface area is 213 Å². The van der Waals surface area contributed by atoms with Crippen molar-refractivity contribution in [3.8, 4) is 11.3 Å². The Hall–Kier alpha value is -4.48. The number of hydrogen-bond acceptors (Lipinski definition) is 3. The van der Waals surface area contributed by atoms with Crippen molar-refractivity contribution >= 4 is 40.1 Å². The Bertz CT molecular complexity index is 1600. The summed E-state index contributed by atoms with van der Waals surface area (Å²) in [7, 11) is 0. The molecule has 0 atom stereocenters. The van der Waals surface area contributed by atoms with Gasteiger partial charge < -0.3 is 4.57 Å². The SMILES string of the molecule is O=C(/C=C/c1c(-c2ccccc2)n(Cc2ccc(Cl)cc2)c2ccccc12)c1ccccc1[N+](=O)[O-]. The second-order valence-electron chi connectivity index (χ2n) is 8.33. The minimum absolute atomic E-state index is 0.0601. The Morgan fingerprint density at radius 1 is 0.861 bits per heavy atom. The zero-order valence-corrected chi connectivity index (χ0v) is 19.9. The molecule has 0 unspecified atom stereocenters. The average Bonchev–Trinajstić information content (AvgIpc) is 3.22. The maximum Gasteiger partial charge on any atom is 0.280 e. The summed E-state index contributed by atoms with van der Waals surface area (Å²) in [5.41, 5.74) is 4.79. The van der Waals surface area contributed by atoms with E-state index in [-0.39, 0.29) is 11.3 Å². The van der Waals surface area contributed by atoms with Gasteiger partial charge in [0.15, 0.2) is 5.78 Å². The molecule has 5 aromatic rings. The fourth-order valence-corrected chi connectivity index (χ4v) is 4.56. The molecule has 0 aliphatic carbocycles. The predicted molar refractivity (Wildman–Crippen MR) is 144 cm³/mol. The number of nitrogens with zero attached hydrogens (tertiary/aromatic N) is 2. The third-order valence-electron chi connectivity index (χ3n) is 6.08. The third-order valence-corrected chi connectivity index (χ3v) is 6.33. The van der Waals surface area contributed by atoms with Gasteiger partial charge in [0, 0.05) is 34.1 Å². The van der Waals surface area contributed by atoms with Crippen LogP contribution in [0.15, 0.2) is 109 Å². The van der Waals surface area contributed by atoms with Crippen LogP contribution in [0.3, 0.4) is 0 Å². The highest BCUT2D eigenvalue weighted by Gasteiger charge is 2.20. The van der Waals surface area contributed by atoms with E-state index in [9.17, 15) is 14.9 Å². The minimum Gasteiger partial charge on any atom is -0.335 e. The van der Waals surface area contributed by atoms with Crippen LogP contribution in [0.2, 0.25) is 5.02 Å². The van der Waals surface area contributed by atoms with E-state index in [4.69, 9.17) is 11.6 Å². The molecule has 36 heavy (non-hydrogen) atoms. The summed E-state index contributed by atoms with van der Waals surface area (Å²) in [5.74, 6) is -0.421. The maximum absolute atomic E-state index is 13.0. The number of nitro benzene ring substituents is 1. The summed E-state index contributed by atoms with van der Waals surface area (Å²) in [6.45, 7) is 0.605. The lowest BCUT2D eigenvalue weighted by Gasteiger charge is -2.12. The third kappa shape index (κ3) is 4.57. The number of nitro groups is 1. The quantitative estimate of drug-likeness (QED) is 0.101. The van der Waals surface area contributed by atoms with E-state index in [1.54, 1.807) is 18.2 Å². The molecule has 0 saturated heterocycles. The van der Waals surface area contributed by atoms with E-state index in [1.165, 1.54) is 18.2 Å². The minimum atomic E-state index is -0.533. The van der Waals surface area contributed by atoms with Crippen LogP contribution in [0.25, 0.3) is 28.2 Å². The van der Waals surface area contributed by atoms with Gasteiger partial charge in [-0.05, 0) is 47.5 Å². The molecule has 1 aromatic heterocycles. The topological polar surface area (TPSA) is 65.1 Å². The molecule has 0 saturated carbocycles. The highest BCUT2D eigenvalue weighted by atomic mass is 35.5. The number of benzene rings is 4. The molecule has 1 heterocycles. The van der Waals surface area contributed by atoms with Crippen molar-refractivity contribution < 1.29 is 9.72 Å². The van der Waals surface area contributed by atoms with Crippen LogP contribution in [-0.4, -0.2) is 15.3 Å². The molecule has 176 valence electrons. The van der Waals surface area contributed by atoms with Crippen molar-refractivity contribution in [2.45, 2.75) is 6.54 Å². The summed E-state index contributed by atoms with van der Waals surface area (Å²) >= 11 is 6.10. The number of para-hydroxylation sites is 2. The highest BCUT2D eigenvalue weighted by Crippen LogP contribution is 2.36. The number of allylic oxidation sites excluding steroid dienone is 1. The van der Waals surface area contributed by atoms with Crippen molar-refractivity contribution in [3.63, 3.8) is 0 Å². The number of hydrogen-bond donors (Lipinski definition) is 0. The number of aromatic nitrogens is 1. The van der Waals surface area contributed by atoms with Crippen molar-refractivity contribution in [2.75, 3.05) is 0 Å². The van der Waals surface area contributed by atoms with Crippen LogP contribution in [0.1, 0.15) is 21.5 Å². The lowest BCUT2D eigenvalue weighted by molar-refractivity contribution is -0.385. The van der Waals surface area contributed by atoms with E-state index in [0.29, 0.717) is 11.6 Å². The normalized spacial score (nSPS) is 11.2. The summed E-state index contributed by atoms with van der Waals surface area (Å²) < 4.78 is 2.23. The van der Waals surface area contributed by atoms with Gasteiger partial charge in [-0.1, -0.05) is 84.4 Å². The van der Waals surface area contributed by atoms with E-state index in [0.717, 1.165) is 33.3 Å². The summed E-state index contributed by atoms with van der Waals surface area (Å²) in [5, 5.41) is 13.1. The van der Waals surface area contributed by atoms with Gasteiger partial charge in [0.1, 0.15) is 0 Å². The highest BCUT2D eigenvalue weighted by molar-refractivity contribution is 6.30. The molecule has 0 radical (unpaired) electrons. The molecule has 0 bridgehead atoms. The monoisotopic (exact) mass is 492 g/mol. The Morgan fingerprint density at radius 3 is 2.28 bits per heavy atom. The van der Waals surface area contributed by atoms with Gasteiger partial charge in [0.25, 0.3) is 5.69 Å². The van der Waals surface area contributed by atoms with Gasteiger partial charge in [-0.15, -0.1) is 0 Å². The van der Waals surface area contributed by atoms with Crippen LogP contribution in [0.5, 0.6) is 0 Å². The van der Waals surface area contributed by atoms with Crippen molar-refractivity contribution in [1.29, 1.82) is 0 Å². The van der Waals surface area contributed by atoms with Crippen LogP contribution in [0.4, 0.5) is 5.69 Å². The van der Waals surface area contributed by atoms with Crippen molar-refractivity contribution in [1.82, 2.24) is 4.57 Å². The predicted octanol–water partition coefficient (Wildman–Crippen LogP) is 7.81. The van der Waals surface area contributed by atoms with Crippen LogP contribution in [-0.2, 0) is 6.54 Å². The van der Waals surface area contributed by atoms with Gasteiger partial charge in [0.05, 0.1) is 16.2 Å². The molecule has 5 nitrogen and oxygen atoms in total. The van der Waals surface area contributed by atoms with Crippen molar-refractivity contribution in [2.24, 2.45) is 0 Å². The number of ketones is 1. The summed E-state index contributed by atoms with van der Waals surface area (Å²) in [4.78, 5) is 23.9. The lowest BCUT2D eigenvalue weighted by Crippen LogP contribution is -2.02. The van der Waals surface area contributed by atoms with Gasteiger partial charge in [-0.2, -0.15) is 0 Å². The average molecular weight is 493 g/mol. The summed E-state index contributed by atoms with van der Waals surface area (Å²) in [6.07, 6.45) is 3.19. The number of fused-ring (bicyclic) bond motifs is 1. The maximum atomic E-state index is 13.0. The molecular formula is C30H21ClN2O3. The number of rotatable bonds is 7. The smallest absolute Gasteiger partial charge is 0.280 e. The molecule has 0 aliphatic rings. The Balaban J connectivity index is 1.68. The molecular weight excluding hydrogens is 472 g/mol. The Morgan fingerprint density at radius 2 is 1.53 bits per heavy atom. The van der Waals surface area contributed by atoms with Gasteiger partial charge in [-0.3, -0.25) is 14.9 Å². The van der Waals surface area contributed by atoms with E-state index < -0.39 is 10.7 Å². The van der Waals surface area contributed by atoms with Crippen molar-refractivity contribution in [3.05, 3.63) is 141 Å². The molecule has 6 heteroatoms. The molecule has 0 amide bonds. The molecule has 0 N–H and O–H groups in total. The van der Waals surface area contributed by atoms with Crippen LogP contribution in [0, 0.1) is 10.1 Å². The molecule has 0 fully saturated rings. The van der Waals surface area contributed by atoms with Gasteiger partial charge in [0.2, 0.25) is 0 Å². The first-order valence-electron chi connectivity index (χ1n) is 11.4. The largest absolute Gasteiger partial charge is 0.335 e. The standard InChI is InChI=1S/C30H21ClN2O3/c31-23-16-14-21(15-17-23)20-32-27-12-6-4-10-24(27)25(30(32)22-8-2-1-3-9-22)18-19-29(34)26-11-5-7-13-28(26)33(35)36/h1-19H,20H2/b19-18+. The number of halogens is 1. The van der Waals surface area contributed by atoms with Gasteiger partial charge >= 0.3 is 0 Å². The van der Waals surface area contributed by atoms with E-state index >= 15 is 0 Å². The molecule has 0 aliphatic heterocycles. The van der Waals surface area contributed by atoms with E-state index in [1.807, 2.05) is 72.8 Å². The number of carbonyl (C=O) groups excluding carboxylic acids is 1. The van der Waals surface area contributed by atoms with Crippen LogP contribution < -0.4 is 0 Å². The fourth-order valence-electron chi connectivity index (χ4n) is 4.43.